The van der Waals surface area contributed by atoms with Crippen molar-refractivity contribution >= 4 is 17.6 Å². The molecule has 21 heavy (non-hydrogen) atoms. The fraction of sp³-hybridized carbons (Fsp3) is 0.267. The van der Waals surface area contributed by atoms with Gasteiger partial charge in [0.1, 0.15) is 5.69 Å². The molecule has 1 N–H and O–H groups in total. The lowest BCUT2D eigenvalue weighted by Crippen LogP contribution is -2.20. The van der Waals surface area contributed by atoms with Crippen LogP contribution in [0.3, 0.4) is 0 Å². The largest absolute Gasteiger partial charge is 0.477 e. The normalized spacial score (nSPS) is 13.6. The van der Waals surface area contributed by atoms with Crippen molar-refractivity contribution in [2.24, 2.45) is 0 Å². The predicted octanol–water partition coefficient (Wildman–Crippen LogP) is 1.79. The van der Waals surface area contributed by atoms with E-state index in [1.165, 1.54) is 4.68 Å². The van der Waals surface area contributed by atoms with Crippen LogP contribution in [0.25, 0.3) is 11.3 Å². The Bertz CT molecular complexity index is 749. The molecule has 0 aliphatic carbocycles. The van der Waals surface area contributed by atoms with Crippen LogP contribution in [-0.4, -0.2) is 33.8 Å². The highest BCUT2D eigenvalue weighted by atomic mass is 16.4. The number of likely N-dealkylation sites (N-methyl/N-ethyl adjacent to an activating group) is 1. The van der Waals surface area contributed by atoms with Gasteiger partial charge in [-0.2, -0.15) is 5.10 Å². The molecule has 3 rings (SSSR count). The number of anilines is 1. The second kappa shape index (κ2) is 4.73. The van der Waals surface area contributed by atoms with Crippen molar-refractivity contribution in [1.82, 2.24) is 9.78 Å². The average Bonchev–Trinajstić information content (AvgIpc) is 3.01. The van der Waals surface area contributed by atoms with Gasteiger partial charge in [0.15, 0.2) is 0 Å². The molecule has 1 aliphatic rings. The topological polar surface area (TPSA) is 75.4 Å². The Labute approximate surface area is 121 Å². The summed E-state index contributed by atoms with van der Waals surface area (Å²) in [4.78, 5) is 24.5. The molecule has 1 amide bonds. The van der Waals surface area contributed by atoms with Gasteiger partial charge in [0.05, 0.1) is 12.1 Å². The fourth-order valence-corrected chi connectivity index (χ4v) is 2.60. The van der Waals surface area contributed by atoms with Crippen molar-refractivity contribution in [2.75, 3.05) is 11.9 Å². The number of aromatic nitrogens is 2. The quantitative estimate of drug-likeness (QED) is 0.932. The first-order valence-electron chi connectivity index (χ1n) is 6.72. The lowest BCUT2D eigenvalue weighted by atomic mass is 10.1. The van der Waals surface area contributed by atoms with E-state index >= 15 is 0 Å². The third-order valence-corrected chi connectivity index (χ3v) is 3.75. The zero-order chi connectivity index (χ0) is 15.1. The molecule has 0 atom stereocenters. The van der Waals surface area contributed by atoms with Crippen LogP contribution < -0.4 is 4.90 Å². The first-order chi connectivity index (χ1) is 10.0. The van der Waals surface area contributed by atoms with Crippen LogP contribution >= 0.6 is 0 Å². The lowest BCUT2D eigenvalue weighted by Gasteiger charge is -2.09. The summed E-state index contributed by atoms with van der Waals surface area (Å²) >= 11 is 0. The highest BCUT2D eigenvalue weighted by Gasteiger charge is 2.24. The van der Waals surface area contributed by atoms with Crippen LogP contribution in [0.1, 0.15) is 23.0 Å². The molecule has 0 bridgehead atoms. The number of aryl methyl sites for hydroxylation is 1. The zero-order valence-electron chi connectivity index (χ0n) is 11.8. The molecule has 0 radical (unpaired) electrons. The van der Waals surface area contributed by atoms with Crippen LogP contribution in [0.5, 0.6) is 0 Å². The third kappa shape index (κ3) is 2.08. The van der Waals surface area contributed by atoms with Gasteiger partial charge in [0, 0.05) is 24.8 Å². The van der Waals surface area contributed by atoms with Crippen molar-refractivity contribution in [1.29, 1.82) is 0 Å². The molecule has 1 aliphatic heterocycles. The number of carboxylic acids is 1. The second-order valence-corrected chi connectivity index (χ2v) is 5.01. The number of carboxylic acid groups (broad SMARTS) is 1. The van der Waals surface area contributed by atoms with Crippen molar-refractivity contribution in [3.05, 3.63) is 35.5 Å². The summed E-state index contributed by atoms with van der Waals surface area (Å²) in [6, 6.07) is 7.21. The first kappa shape index (κ1) is 13.4. The number of hydrogen-bond donors (Lipinski definition) is 1. The summed E-state index contributed by atoms with van der Waals surface area (Å²) < 4.78 is 1.46. The molecule has 1 aromatic carbocycles. The van der Waals surface area contributed by atoms with E-state index in [4.69, 9.17) is 5.11 Å². The molecule has 1 aromatic heterocycles. The van der Waals surface area contributed by atoms with Gasteiger partial charge in [0.2, 0.25) is 5.91 Å². The molecule has 6 heteroatoms. The Morgan fingerprint density at radius 2 is 2.14 bits per heavy atom. The van der Waals surface area contributed by atoms with Gasteiger partial charge >= 0.3 is 5.97 Å². The van der Waals surface area contributed by atoms with Crippen molar-refractivity contribution in [3.8, 4) is 11.3 Å². The Morgan fingerprint density at radius 1 is 1.38 bits per heavy atom. The lowest BCUT2D eigenvalue weighted by molar-refractivity contribution is -0.117. The minimum Gasteiger partial charge on any atom is -0.477 e. The maximum atomic E-state index is 11.7. The highest BCUT2D eigenvalue weighted by Crippen LogP contribution is 2.31. The van der Waals surface area contributed by atoms with E-state index in [0.29, 0.717) is 18.7 Å². The monoisotopic (exact) mass is 285 g/mol. The molecular formula is C15H15N3O3. The Balaban J connectivity index is 2.05. The molecule has 0 unspecified atom stereocenters. The summed E-state index contributed by atoms with van der Waals surface area (Å²) in [6.07, 6.45) is 0.375. The molecule has 108 valence electrons. The molecule has 0 saturated heterocycles. The van der Waals surface area contributed by atoms with Gasteiger partial charge < -0.3 is 10.0 Å². The number of nitrogens with zero attached hydrogens (tertiary/aromatic N) is 3. The molecule has 2 heterocycles. The number of aromatic carboxylic acids is 1. The molecular weight excluding hydrogens is 270 g/mol. The van der Waals surface area contributed by atoms with Gasteiger partial charge in [-0.3, -0.25) is 9.48 Å². The van der Waals surface area contributed by atoms with Crippen molar-refractivity contribution in [2.45, 2.75) is 19.9 Å². The first-order valence-corrected chi connectivity index (χ1v) is 6.72. The van der Waals surface area contributed by atoms with E-state index in [1.807, 2.05) is 25.1 Å². The summed E-state index contributed by atoms with van der Waals surface area (Å²) in [5.41, 5.74) is 3.45. The number of carbonyl (C=O) groups is 2. The van der Waals surface area contributed by atoms with E-state index in [2.05, 4.69) is 5.10 Å². The minimum absolute atomic E-state index is 0.0625. The minimum atomic E-state index is -0.994. The summed E-state index contributed by atoms with van der Waals surface area (Å²) in [5, 5.41) is 13.5. The van der Waals surface area contributed by atoms with E-state index in [1.54, 1.807) is 18.0 Å². The number of rotatable bonds is 3. The number of benzene rings is 1. The van der Waals surface area contributed by atoms with Crippen molar-refractivity contribution < 1.29 is 14.7 Å². The van der Waals surface area contributed by atoms with Crippen LogP contribution in [0.4, 0.5) is 5.69 Å². The molecule has 0 fully saturated rings. The molecule has 0 saturated carbocycles. The van der Waals surface area contributed by atoms with Gasteiger partial charge in [-0.1, -0.05) is 6.07 Å². The smallest absolute Gasteiger partial charge is 0.354 e. The maximum Gasteiger partial charge on any atom is 0.354 e. The van der Waals surface area contributed by atoms with Crippen LogP contribution in [0, 0.1) is 0 Å². The van der Waals surface area contributed by atoms with Gasteiger partial charge in [0.25, 0.3) is 0 Å². The van der Waals surface area contributed by atoms with Crippen molar-refractivity contribution in [3.63, 3.8) is 0 Å². The van der Waals surface area contributed by atoms with E-state index < -0.39 is 5.97 Å². The van der Waals surface area contributed by atoms with E-state index in [-0.39, 0.29) is 11.6 Å². The number of amides is 1. The second-order valence-electron chi connectivity index (χ2n) is 5.01. The zero-order valence-corrected chi connectivity index (χ0v) is 11.8. The van der Waals surface area contributed by atoms with E-state index in [9.17, 15) is 9.59 Å². The van der Waals surface area contributed by atoms with E-state index in [0.717, 1.165) is 16.8 Å². The SMILES string of the molecule is CCn1nc(-c2ccc3c(c2)CC(=O)N3C)cc1C(=O)O. The maximum absolute atomic E-state index is 11.7. The fourth-order valence-electron chi connectivity index (χ4n) is 2.60. The van der Waals surface area contributed by atoms with Gasteiger partial charge in [-0.05, 0) is 30.7 Å². The number of hydrogen-bond acceptors (Lipinski definition) is 3. The highest BCUT2D eigenvalue weighted by molar-refractivity contribution is 6.01. The van der Waals surface area contributed by atoms with Crippen LogP contribution in [-0.2, 0) is 17.8 Å². The summed E-state index contributed by atoms with van der Waals surface area (Å²) in [7, 11) is 1.75. The van der Waals surface area contributed by atoms with Gasteiger partial charge in [-0.15, -0.1) is 0 Å². The molecule has 2 aromatic rings. The standard InChI is InChI=1S/C15H15N3O3/c1-3-18-13(15(20)21)8-11(16-18)9-4-5-12-10(6-9)7-14(19)17(12)2/h4-6,8H,3,7H2,1-2H3,(H,20,21). The van der Waals surface area contributed by atoms with Crippen LogP contribution in [0.2, 0.25) is 0 Å². The summed E-state index contributed by atoms with van der Waals surface area (Å²) in [6.45, 7) is 2.34. The third-order valence-electron chi connectivity index (χ3n) is 3.75. The predicted molar refractivity (Wildman–Crippen MR) is 77.4 cm³/mol. The summed E-state index contributed by atoms with van der Waals surface area (Å²) in [5.74, 6) is -0.931. The van der Waals surface area contributed by atoms with Gasteiger partial charge in [-0.25, -0.2) is 4.79 Å². The molecule has 6 nitrogen and oxygen atoms in total. The average molecular weight is 285 g/mol. The Hall–Kier alpha value is -2.63. The number of fused-ring (bicyclic) bond motifs is 1. The Kier molecular flexibility index (Phi) is 3.01. The number of carbonyl (C=O) groups excluding carboxylic acids is 1. The molecule has 0 spiro atoms. The van der Waals surface area contributed by atoms with Crippen LogP contribution in [0.15, 0.2) is 24.3 Å². The Morgan fingerprint density at radius 3 is 2.76 bits per heavy atom.